The molecule has 1 aliphatic heterocycles. The van der Waals surface area contributed by atoms with Gasteiger partial charge in [0.15, 0.2) is 0 Å². The summed E-state index contributed by atoms with van der Waals surface area (Å²) in [5.74, 6) is 0. The largest absolute Gasteiger partial charge is 0.387 e. The van der Waals surface area contributed by atoms with Crippen LogP contribution in [0.5, 0.6) is 0 Å². The summed E-state index contributed by atoms with van der Waals surface area (Å²) >= 11 is 6.03. The van der Waals surface area contributed by atoms with E-state index in [0.717, 1.165) is 18.7 Å². The summed E-state index contributed by atoms with van der Waals surface area (Å²) in [6.07, 6.45) is -0.529. The van der Waals surface area contributed by atoms with Gasteiger partial charge in [-0.2, -0.15) is 0 Å². The van der Waals surface area contributed by atoms with Crippen LogP contribution in [0.4, 0.5) is 0 Å². The van der Waals surface area contributed by atoms with Crippen molar-refractivity contribution in [2.24, 2.45) is 0 Å². The van der Waals surface area contributed by atoms with Gasteiger partial charge in [-0.3, -0.25) is 4.90 Å². The van der Waals surface area contributed by atoms with E-state index < -0.39 is 6.10 Å². The monoisotopic (exact) mass is 323 g/mol. The molecule has 0 bridgehead atoms. The average molecular weight is 324 g/mol. The molecule has 0 saturated heterocycles. The zero-order valence-electron chi connectivity index (χ0n) is 12.7. The van der Waals surface area contributed by atoms with E-state index in [-0.39, 0.29) is 0 Å². The Bertz CT molecular complexity index is 820. The minimum Gasteiger partial charge on any atom is -0.387 e. The average Bonchev–Trinajstić information content (AvgIpc) is 2.55. The zero-order chi connectivity index (χ0) is 15.8. The van der Waals surface area contributed by atoms with Crippen molar-refractivity contribution >= 4 is 22.4 Å². The minimum absolute atomic E-state index is 0.529. The van der Waals surface area contributed by atoms with Crippen molar-refractivity contribution in [3.05, 3.63) is 82.4 Å². The van der Waals surface area contributed by atoms with Gasteiger partial charge < -0.3 is 5.11 Å². The van der Waals surface area contributed by atoms with Crippen LogP contribution < -0.4 is 0 Å². The Kier molecular flexibility index (Phi) is 3.82. The van der Waals surface area contributed by atoms with Crippen molar-refractivity contribution < 1.29 is 5.11 Å². The topological polar surface area (TPSA) is 23.5 Å². The molecule has 1 aliphatic rings. The van der Waals surface area contributed by atoms with E-state index >= 15 is 0 Å². The van der Waals surface area contributed by atoms with Gasteiger partial charge in [-0.1, -0.05) is 60.1 Å². The highest BCUT2D eigenvalue weighted by Crippen LogP contribution is 2.31. The molecule has 0 amide bonds. The third kappa shape index (κ3) is 2.86. The molecule has 0 spiro atoms. The lowest BCUT2D eigenvalue weighted by Gasteiger charge is -2.30. The van der Waals surface area contributed by atoms with Crippen LogP contribution >= 0.6 is 11.6 Å². The predicted molar refractivity (Wildman–Crippen MR) is 94.5 cm³/mol. The van der Waals surface area contributed by atoms with Crippen molar-refractivity contribution in [3.8, 4) is 0 Å². The van der Waals surface area contributed by atoms with Gasteiger partial charge in [-0.15, -0.1) is 0 Å². The summed E-state index contributed by atoms with van der Waals surface area (Å²) in [7, 11) is 0. The Labute approximate surface area is 140 Å². The number of nitrogens with zero attached hydrogens (tertiary/aromatic N) is 1. The Morgan fingerprint density at radius 2 is 1.61 bits per heavy atom. The van der Waals surface area contributed by atoms with Gasteiger partial charge in [0.25, 0.3) is 0 Å². The van der Waals surface area contributed by atoms with Crippen LogP contribution in [0, 0.1) is 0 Å². The summed E-state index contributed by atoms with van der Waals surface area (Å²) in [5, 5.41) is 13.9. The second-order valence-electron chi connectivity index (χ2n) is 6.17. The number of halogens is 1. The van der Waals surface area contributed by atoms with Gasteiger partial charge in [0, 0.05) is 24.7 Å². The lowest BCUT2D eigenvalue weighted by Crippen LogP contribution is -2.30. The molecule has 0 aromatic heterocycles. The molecule has 3 aromatic rings. The Morgan fingerprint density at radius 3 is 2.26 bits per heavy atom. The number of β-amino-alcohol motifs (C(OH)–C–C–N with tert-alkyl or cyclic N) is 1. The summed E-state index contributed by atoms with van der Waals surface area (Å²) in [5.41, 5.74) is 3.54. The maximum Gasteiger partial charge on any atom is 0.0917 e. The third-order valence-electron chi connectivity index (χ3n) is 4.53. The highest BCUT2D eigenvalue weighted by Gasteiger charge is 2.21. The molecule has 3 aromatic carbocycles. The predicted octanol–water partition coefficient (Wildman–Crippen LogP) is 4.54. The molecule has 1 heterocycles. The highest BCUT2D eigenvalue weighted by atomic mass is 35.5. The van der Waals surface area contributed by atoms with Crippen LogP contribution in [0.1, 0.15) is 22.8 Å². The van der Waals surface area contributed by atoms with Crippen molar-refractivity contribution in [2.75, 3.05) is 6.54 Å². The molecule has 0 aliphatic carbocycles. The maximum absolute atomic E-state index is 10.5. The van der Waals surface area contributed by atoms with Gasteiger partial charge >= 0.3 is 0 Å². The van der Waals surface area contributed by atoms with E-state index in [1.54, 1.807) is 0 Å². The van der Waals surface area contributed by atoms with Crippen LogP contribution in [0.25, 0.3) is 10.8 Å². The highest BCUT2D eigenvalue weighted by molar-refractivity contribution is 6.30. The first-order valence-corrected chi connectivity index (χ1v) is 8.24. The van der Waals surface area contributed by atoms with Crippen LogP contribution in [0.2, 0.25) is 5.02 Å². The van der Waals surface area contributed by atoms with Gasteiger partial charge in [-0.05, 0) is 39.6 Å². The van der Waals surface area contributed by atoms with E-state index in [0.29, 0.717) is 11.6 Å². The Morgan fingerprint density at radius 1 is 0.957 bits per heavy atom. The maximum atomic E-state index is 10.5. The second kappa shape index (κ2) is 5.97. The molecule has 0 fully saturated rings. The summed E-state index contributed by atoms with van der Waals surface area (Å²) < 4.78 is 0. The molecular weight excluding hydrogens is 306 g/mol. The number of hydrogen-bond acceptors (Lipinski definition) is 2. The number of hydrogen-bond donors (Lipinski definition) is 1. The van der Waals surface area contributed by atoms with Gasteiger partial charge in [0.05, 0.1) is 6.10 Å². The van der Waals surface area contributed by atoms with E-state index in [2.05, 4.69) is 41.3 Å². The second-order valence-corrected chi connectivity index (χ2v) is 6.61. The molecule has 0 radical (unpaired) electrons. The van der Waals surface area contributed by atoms with Crippen LogP contribution in [-0.2, 0) is 13.1 Å². The molecule has 3 heteroatoms. The van der Waals surface area contributed by atoms with Crippen molar-refractivity contribution in [1.82, 2.24) is 4.90 Å². The van der Waals surface area contributed by atoms with Crippen molar-refractivity contribution in [2.45, 2.75) is 19.2 Å². The molecule has 2 nitrogen and oxygen atoms in total. The van der Waals surface area contributed by atoms with Crippen LogP contribution in [0.15, 0.2) is 60.7 Å². The van der Waals surface area contributed by atoms with Crippen molar-refractivity contribution in [1.29, 1.82) is 0 Å². The third-order valence-corrected chi connectivity index (χ3v) is 4.76. The quantitative estimate of drug-likeness (QED) is 0.764. The fourth-order valence-corrected chi connectivity index (χ4v) is 3.69. The molecular formula is C20H18ClNO. The Balaban J connectivity index is 1.58. The van der Waals surface area contributed by atoms with Crippen molar-refractivity contribution in [3.63, 3.8) is 0 Å². The molecule has 0 saturated carbocycles. The minimum atomic E-state index is -0.529. The summed E-state index contributed by atoms with van der Waals surface area (Å²) in [6.45, 7) is 2.34. The fraction of sp³-hybridized carbons (Fsp3) is 0.200. The zero-order valence-corrected chi connectivity index (χ0v) is 13.5. The molecule has 0 unspecified atom stereocenters. The fourth-order valence-electron chi connectivity index (χ4n) is 3.50. The van der Waals surface area contributed by atoms with Crippen LogP contribution in [0.3, 0.4) is 0 Å². The van der Waals surface area contributed by atoms with Gasteiger partial charge in [0.1, 0.15) is 0 Å². The summed E-state index contributed by atoms with van der Waals surface area (Å²) in [4.78, 5) is 2.29. The summed E-state index contributed by atoms with van der Waals surface area (Å²) in [6, 6.07) is 20.4. The van der Waals surface area contributed by atoms with E-state index in [9.17, 15) is 5.11 Å². The first-order chi connectivity index (χ1) is 11.2. The van der Waals surface area contributed by atoms with Gasteiger partial charge in [-0.25, -0.2) is 0 Å². The SMILES string of the molecule is O[C@@H](CN1Cc2cccc3cccc(c23)C1)c1cccc(Cl)c1. The first-order valence-electron chi connectivity index (χ1n) is 7.86. The molecule has 1 N–H and O–H groups in total. The molecule has 4 rings (SSSR count). The molecule has 23 heavy (non-hydrogen) atoms. The van der Waals surface area contributed by atoms with Crippen LogP contribution in [-0.4, -0.2) is 16.6 Å². The lowest BCUT2D eigenvalue weighted by molar-refractivity contribution is 0.104. The Hall–Kier alpha value is -1.87. The van der Waals surface area contributed by atoms with E-state index in [4.69, 9.17) is 11.6 Å². The number of aliphatic hydroxyl groups is 1. The van der Waals surface area contributed by atoms with Gasteiger partial charge in [0.2, 0.25) is 0 Å². The first kappa shape index (κ1) is 14.7. The number of aliphatic hydroxyl groups excluding tert-OH is 1. The normalized spacial score (nSPS) is 15.7. The van der Waals surface area contributed by atoms with E-state index in [1.807, 2.05) is 24.3 Å². The molecule has 1 atom stereocenters. The number of rotatable bonds is 3. The lowest BCUT2D eigenvalue weighted by atomic mass is 9.95. The number of benzene rings is 3. The standard InChI is InChI=1S/C20H18ClNO/c21-18-9-3-6-15(10-18)19(23)13-22-11-16-7-1-4-14-5-2-8-17(12-22)20(14)16/h1-10,19,23H,11-13H2/t19-/m0/s1. The smallest absolute Gasteiger partial charge is 0.0917 e. The molecule has 116 valence electrons. The van der Waals surface area contributed by atoms with E-state index in [1.165, 1.54) is 21.9 Å².